The lowest BCUT2D eigenvalue weighted by molar-refractivity contribution is -0.0336. The lowest BCUT2D eigenvalue weighted by Gasteiger charge is -2.47. The van der Waals surface area contributed by atoms with Gasteiger partial charge in [0, 0.05) is 12.0 Å². The molecule has 2 N–H and O–H groups in total. The standard InChI is InChI=1S/C21H37NO4Si/c1-16(22(19(24)25)14-17-12-10-9-11-13-17)18(21(5,6)15-23)26-27(7,8)20(2,3)4/h9-13,16,18,23H,14-15H2,1-8H3,(H,24,25). The average Bonchev–Trinajstić information content (AvgIpc) is 2.56. The minimum absolute atomic E-state index is 0.00993. The Morgan fingerprint density at radius 3 is 2.07 bits per heavy atom. The summed E-state index contributed by atoms with van der Waals surface area (Å²) < 4.78 is 6.66. The Bertz CT molecular complexity index is 610. The van der Waals surface area contributed by atoms with Gasteiger partial charge in [-0.2, -0.15) is 0 Å². The predicted octanol–water partition coefficient (Wildman–Crippen LogP) is 4.96. The van der Waals surface area contributed by atoms with Gasteiger partial charge in [0.15, 0.2) is 8.32 Å². The van der Waals surface area contributed by atoms with Crippen LogP contribution in [0, 0.1) is 5.41 Å². The molecule has 0 saturated heterocycles. The molecule has 1 amide bonds. The second kappa shape index (κ2) is 8.75. The molecule has 2 atom stereocenters. The highest BCUT2D eigenvalue weighted by Crippen LogP contribution is 2.41. The second-order valence-electron chi connectivity index (χ2n) is 9.58. The monoisotopic (exact) mass is 395 g/mol. The molecule has 0 heterocycles. The summed E-state index contributed by atoms with van der Waals surface area (Å²) in [6.07, 6.45) is -1.40. The maximum Gasteiger partial charge on any atom is 0.407 e. The summed E-state index contributed by atoms with van der Waals surface area (Å²) >= 11 is 0. The molecule has 0 aliphatic rings. The van der Waals surface area contributed by atoms with Crippen molar-refractivity contribution < 1.29 is 19.4 Å². The fraction of sp³-hybridized carbons (Fsp3) is 0.667. The van der Waals surface area contributed by atoms with Gasteiger partial charge in [0.25, 0.3) is 0 Å². The molecule has 0 radical (unpaired) electrons. The Morgan fingerprint density at radius 2 is 1.67 bits per heavy atom. The van der Waals surface area contributed by atoms with E-state index in [4.69, 9.17) is 4.43 Å². The highest BCUT2D eigenvalue weighted by atomic mass is 28.4. The molecule has 1 rings (SSSR count). The van der Waals surface area contributed by atoms with Gasteiger partial charge in [-0.3, -0.25) is 4.90 Å². The van der Waals surface area contributed by atoms with E-state index in [1.165, 1.54) is 4.90 Å². The molecule has 0 bridgehead atoms. The van der Waals surface area contributed by atoms with Crippen molar-refractivity contribution in [3.8, 4) is 0 Å². The van der Waals surface area contributed by atoms with Crippen LogP contribution >= 0.6 is 0 Å². The number of hydrogen-bond donors (Lipinski definition) is 2. The molecule has 6 heteroatoms. The number of aliphatic hydroxyl groups excluding tert-OH is 1. The molecule has 0 saturated carbocycles. The zero-order chi connectivity index (χ0) is 21.0. The van der Waals surface area contributed by atoms with Gasteiger partial charge in [-0.05, 0) is 30.6 Å². The third-order valence-electron chi connectivity index (χ3n) is 5.78. The molecule has 154 valence electrons. The molecule has 0 spiro atoms. The molecule has 1 aromatic rings. The van der Waals surface area contributed by atoms with E-state index in [0.717, 1.165) is 5.56 Å². The van der Waals surface area contributed by atoms with Crippen molar-refractivity contribution in [2.24, 2.45) is 5.41 Å². The first-order chi connectivity index (χ1) is 12.2. The minimum atomic E-state index is -2.16. The molecule has 0 aliphatic heterocycles. The molecule has 0 fully saturated rings. The second-order valence-corrected chi connectivity index (χ2v) is 14.3. The first-order valence-corrected chi connectivity index (χ1v) is 12.5. The molecule has 1 aromatic carbocycles. The van der Waals surface area contributed by atoms with Crippen LogP contribution in [0.5, 0.6) is 0 Å². The van der Waals surface area contributed by atoms with Gasteiger partial charge in [0.05, 0.1) is 18.8 Å². The normalized spacial score (nSPS) is 15.3. The Morgan fingerprint density at radius 1 is 1.15 bits per heavy atom. The van der Waals surface area contributed by atoms with Gasteiger partial charge < -0.3 is 14.6 Å². The van der Waals surface area contributed by atoms with Crippen LogP contribution < -0.4 is 0 Å². The molecular weight excluding hydrogens is 358 g/mol. The van der Waals surface area contributed by atoms with Crippen molar-refractivity contribution in [2.75, 3.05) is 6.61 Å². The van der Waals surface area contributed by atoms with Crippen LogP contribution in [0.25, 0.3) is 0 Å². The number of benzene rings is 1. The Balaban J connectivity index is 3.23. The summed E-state index contributed by atoms with van der Waals surface area (Å²) in [5.41, 5.74) is 0.360. The summed E-state index contributed by atoms with van der Waals surface area (Å²) in [6, 6.07) is 9.16. The maximum absolute atomic E-state index is 12.0. The van der Waals surface area contributed by atoms with Gasteiger partial charge in [-0.15, -0.1) is 0 Å². The number of hydrogen-bond acceptors (Lipinski definition) is 3. The van der Waals surface area contributed by atoms with E-state index in [1.807, 2.05) is 51.1 Å². The molecule has 0 aliphatic carbocycles. The molecule has 2 unspecified atom stereocenters. The van der Waals surface area contributed by atoms with Crippen LogP contribution in [-0.2, 0) is 11.0 Å². The average molecular weight is 396 g/mol. The summed E-state index contributed by atoms with van der Waals surface area (Å²) in [6.45, 7) is 16.8. The van der Waals surface area contributed by atoms with Gasteiger partial charge >= 0.3 is 6.09 Å². The number of amides is 1. The summed E-state index contributed by atoms with van der Waals surface area (Å²) in [7, 11) is -2.16. The van der Waals surface area contributed by atoms with Crippen molar-refractivity contribution in [3.05, 3.63) is 35.9 Å². The first-order valence-electron chi connectivity index (χ1n) is 9.55. The lowest BCUT2D eigenvalue weighted by Crippen LogP contribution is -2.57. The molecule has 5 nitrogen and oxygen atoms in total. The van der Waals surface area contributed by atoms with Gasteiger partial charge in [-0.25, -0.2) is 4.79 Å². The van der Waals surface area contributed by atoms with Gasteiger partial charge in [-0.1, -0.05) is 65.0 Å². The Hall–Kier alpha value is -1.37. The largest absolute Gasteiger partial charge is 0.465 e. The van der Waals surface area contributed by atoms with E-state index in [0.29, 0.717) is 0 Å². The highest BCUT2D eigenvalue weighted by Gasteiger charge is 2.46. The Labute approximate surface area is 165 Å². The zero-order valence-electron chi connectivity index (χ0n) is 18.1. The predicted molar refractivity (Wildman–Crippen MR) is 112 cm³/mol. The fourth-order valence-corrected chi connectivity index (χ4v) is 4.33. The first kappa shape index (κ1) is 23.7. The number of rotatable bonds is 8. The van der Waals surface area contributed by atoms with Crippen molar-refractivity contribution in [1.29, 1.82) is 0 Å². The van der Waals surface area contributed by atoms with E-state index in [1.54, 1.807) is 0 Å². The molecule has 27 heavy (non-hydrogen) atoms. The number of nitrogens with zero attached hydrogens (tertiary/aromatic N) is 1. The van der Waals surface area contributed by atoms with Crippen molar-refractivity contribution in [2.45, 2.75) is 78.4 Å². The highest BCUT2D eigenvalue weighted by molar-refractivity contribution is 6.74. The number of aliphatic hydroxyl groups is 1. The Kier molecular flexibility index (Phi) is 7.67. The third kappa shape index (κ3) is 6.06. The summed E-state index contributed by atoms with van der Waals surface area (Å²) in [5, 5.41) is 19.9. The van der Waals surface area contributed by atoms with Crippen LogP contribution in [0.4, 0.5) is 4.79 Å². The van der Waals surface area contributed by atoms with Crippen LogP contribution in [0.1, 0.15) is 47.1 Å². The topological polar surface area (TPSA) is 70.0 Å². The van der Waals surface area contributed by atoms with E-state index >= 15 is 0 Å². The third-order valence-corrected chi connectivity index (χ3v) is 10.2. The summed E-state index contributed by atoms with van der Waals surface area (Å²) in [4.78, 5) is 13.5. The lowest BCUT2D eigenvalue weighted by atomic mass is 9.83. The van der Waals surface area contributed by atoms with E-state index in [9.17, 15) is 15.0 Å². The maximum atomic E-state index is 12.0. The smallest absolute Gasteiger partial charge is 0.407 e. The SMILES string of the molecule is CC(C(O[Si](C)(C)C(C)(C)C)C(C)(C)CO)N(Cc1ccccc1)C(=O)O. The quantitative estimate of drug-likeness (QED) is 0.610. The molecule has 0 aromatic heterocycles. The van der Waals surface area contributed by atoms with Crippen LogP contribution in [0.3, 0.4) is 0 Å². The minimum Gasteiger partial charge on any atom is -0.465 e. The van der Waals surface area contributed by atoms with Crippen LogP contribution in [0.2, 0.25) is 18.1 Å². The molecular formula is C21H37NO4Si. The van der Waals surface area contributed by atoms with Crippen LogP contribution in [0.15, 0.2) is 30.3 Å². The van der Waals surface area contributed by atoms with E-state index in [2.05, 4.69) is 33.9 Å². The number of carboxylic acid groups (broad SMARTS) is 1. The summed E-state index contributed by atoms with van der Waals surface area (Å²) in [5.74, 6) is 0. The van der Waals surface area contributed by atoms with Crippen molar-refractivity contribution in [3.63, 3.8) is 0 Å². The van der Waals surface area contributed by atoms with Gasteiger partial charge in [0.1, 0.15) is 0 Å². The number of carbonyl (C=O) groups is 1. The van der Waals surface area contributed by atoms with Crippen molar-refractivity contribution >= 4 is 14.4 Å². The van der Waals surface area contributed by atoms with Gasteiger partial charge in [0.2, 0.25) is 0 Å². The fourth-order valence-electron chi connectivity index (χ4n) is 2.82. The van der Waals surface area contributed by atoms with Crippen molar-refractivity contribution in [1.82, 2.24) is 4.90 Å². The van der Waals surface area contributed by atoms with E-state index in [-0.39, 0.29) is 18.2 Å². The van der Waals surface area contributed by atoms with Crippen LogP contribution in [-0.4, -0.2) is 48.3 Å². The van der Waals surface area contributed by atoms with E-state index < -0.39 is 32.0 Å². The zero-order valence-corrected chi connectivity index (χ0v) is 19.1.